The zero-order valence-electron chi connectivity index (χ0n) is 12.2. The highest BCUT2D eigenvalue weighted by atomic mass is 19.4. The molecule has 2 rings (SSSR count). The molecule has 0 unspecified atom stereocenters. The molecular formula is C14H15BF3NO2. The van der Waals surface area contributed by atoms with Crippen LogP contribution in [-0.4, -0.2) is 18.3 Å². The van der Waals surface area contributed by atoms with Gasteiger partial charge in [0.05, 0.1) is 28.4 Å². The van der Waals surface area contributed by atoms with Crippen LogP contribution in [0.15, 0.2) is 18.2 Å². The average molecular weight is 297 g/mol. The number of rotatable bonds is 1. The molecule has 0 spiro atoms. The SMILES string of the molecule is CC1(C)OB(c2ccc(C(F)(F)F)cc2C#N)OC1(C)C. The Kier molecular flexibility index (Phi) is 3.59. The minimum absolute atomic E-state index is 0.0941. The zero-order valence-corrected chi connectivity index (χ0v) is 12.2. The largest absolute Gasteiger partial charge is 0.496 e. The minimum atomic E-state index is -4.49. The van der Waals surface area contributed by atoms with Crippen molar-refractivity contribution in [1.29, 1.82) is 5.26 Å². The van der Waals surface area contributed by atoms with Crippen LogP contribution in [0.2, 0.25) is 0 Å². The Balaban J connectivity index is 2.41. The van der Waals surface area contributed by atoms with Crippen molar-refractivity contribution in [2.45, 2.75) is 45.1 Å². The summed E-state index contributed by atoms with van der Waals surface area (Å²) in [7, 11) is -0.855. The quantitative estimate of drug-likeness (QED) is 0.749. The monoisotopic (exact) mass is 297 g/mol. The number of nitriles is 1. The summed E-state index contributed by atoms with van der Waals surface area (Å²) < 4.78 is 49.6. The lowest BCUT2D eigenvalue weighted by Crippen LogP contribution is -2.41. The van der Waals surface area contributed by atoms with Gasteiger partial charge in [-0.15, -0.1) is 0 Å². The van der Waals surface area contributed by atoms with Crippen LogP contribution in [-0.2, 0) is 15.5 Å². The van der Waals surface area contributed by atoms with Crippen LogP contribution >= 0.6 is 0 Å². The molecule has 1 aromatic carbocycles. The van der Waals surface area contributed by atoms with Gasteiger partial charge >= 0.3 is 13.3 Å². The molecule has 7 heteroatoms. The normalized spacial score (nSPS) is 20.4. The van der Waals surface area contributed by atoms with Gasteiger partial charge in [0.2, 0.25) is 0 Å². The molecular weight excluding hydrogens is 282 g/mol. The van der Waals surface area contributed by atoms with E-state index in [2.05, 4.69) is 0 Å². The molecule has 1 aliphatic heterocycles. The van der Waals surface area contributed by atoms with Crippen LogP contribution < -0.4 is 5.46 Å². The summed E-state index contributed by atoms with van der Waals surface area (Å²) >= 11 is 0. The van der Waals surface area contributed by atoms with E-state index in [1.165, 1.54) is 6.07 Å². The highest BCUT2D eigenvalue weighted by Gasteiger charge is 2.52. The van der Waals surface area contributed by atoms with Gasteiger partial charge in [-0.2, -0.15) is 18.4 Å². The lowest BCUT2D eigenvalue weighted by atomic mass is 9.75. The lowest BCUT2D eigenvalue weighted by molar-refractivity contribution is -0.137. The highest BCUT2D eigenvalue weighted by Crippen LogP contribution is 2.37. The Morgan fingerprint density at radius 2 is 1.62 bits per heavy atom. The summed E-state index contributed by atoms with van der Waals surface area (Å²) in [5, 5.41) is 9.10. The van der Waals surface area contributed by atoms with Gasteiger partial charge in [0.25, 0.3) is 0 Å². The van der Waals surface area contributed by atoms with E-state index in [4.69, 9.17) is 14.6 Å². The van der Waals surface area contributed by atoms with E-state index in [-0.39, 0.29) is 5.56 Å². The van der Waals surface area contributed by atoms with E-state index < -0.39 is 30.1 Å². The van der Waals surface area contributed by atoms with Crippen molar-refractivity contribution in [2.75, 3.05) is 0 Å². The number of alkyl halides is 3. The Morgan fingerprint density at radius 3 is 2.05 bits per heavy atom. The molecule has 0 amide bonds. The third-order valence-corrected chi connectivity index (χ3v) is 4.01. The van der Waals surface area contributed by atoms with Crippen molar-refractivity contribution in [3.05, 3.63) is 29.3 Å². The molecule has 0 radical (unpaired) electrons. The first kappa shape index (κ1) is 15.9. The molecule has 0 saturated carbocycles. The molecule has 1 fully saturated rings. The molecule has 0 atom stereocenters. The molecule has 112 valence electrons. The molecule has 21 heavy (non-hydrogen) atoms. The van der Waals surface area contributed by atoms with Crippen LogP contribution in [0, 0.1) is 11.3 Å². The first-order valence-corrected chi connectivity index (χ1v) is 6.45. The van der Waals surface area contributed by atoms with E-state index in [0.29, 0.717) is 5.46 Å². The summed E-state index contributed by atoms with van der Waals surface area (Å²) in [5.41, 5.74) is -1.88. The molecule has 0 aromatic heterocycles. The van der Waals surface area contributed by atoms with Gasteiger partial charge in [-0.25, -0.2) is 0 Å². The van der Waals surface area contributed by atoms with E-state index in [0.717, 1.165) is 12.1 Å². The fourth-order valence-corrected chi connectivity index (χ4v) is 2.00. The van der Waals surface area contributed by atoms with Gasteiger partial charge in [0.1, 0.15) is 0 Å². The number of halogens is 3. The zero-order chi connectivity index (χ0) is 16.1. The Hall–Kier alpha value is -1.52. The van der Waals surface area contributed by atoms with E-state index in [1.807, 2.05) is 27.7 Å². The third-order valence-electron chi connectivity index (χ3n) is 4.01. The van der Waals surface area contributed by atoms with Crippen molar-refractivity contribution >= 4 is 12.6 Å². The maximum Gasteiger partial charge on any atom is 0.496 e. The van der Waals surface area contributed by atoms with Gasteiger partial charge in [-0.3, -0.25) is 0 Å². The molecule has 0 aliphatic carbocycles. The van der Waals surface area contributed by atoms with Crippen LogP contribution in [0.5, 0.6) is 0 Å². The lowest BCUT2D eigenvalue weighted by Gasteiger charge is -2.32. The molecule has 1 saturated heterocycles. The first-order chi connectivity index (χ1) is 9.48. The number of benzene rings is 1. The van der Waals surface area contributed by atoms with Gasteiger partial charge in [-0.1, -0.05) is 12.1 Å². The molecule has 1 aliphatic rings. The topological polar surface area (TPSA) is 42.2 Å². The number of hydrogen-bond donors (Lipinski definition) is 0. The molecule has 1 heterocycles. The maximum absolute atomic E-state index is 12.7. The van der Waals surface area contributed by atoms with Crippen molar-refractivity contribution in [1.82, 2.24) is 0 Å². The summed E-state index contributed by atoms with van der Waals surface area (Å²) in [5.74, 6) is 0. The summed E-state index contributed by atoms with van der Waals surface area (Å²) in [4.78, 5) is 0. The highest BCUT2D eigenvalue weighted by molar-refractivity contribution is 6.62. The summed E-state index contributed by atoms with van der Waals surface area (Å²) in [6, 6.07) is 4.77. The van der Waals surface area contributed by atoms with E-state index >= 15 is 0 Å². The molecule has 3 nitrogen and oxygen atoms in total. The number of nitrogens with zero attached hydrogens (tertiary/aromatic N) is 1. The molecule has 0 N–H and O–H groups in total. The predicted octanol–water partition coefficient (Wildman–Crippen LogP) is 2.88. The van der Waals surface area contributed by atoms with Crippen LogP contribution in [0.1, 0.15) is 38.8 Å². The standard InChI is InChI=1S/C14H15BF3NO2/c1-12(2)13(3,4)21-15(20-12)11-6-5-10(14(16,17)18)7-9(11)8-19/h5-7H,1-4H3. The van der Waals surface area contributed by atoms with Crippen molar-refractivity contribution < 1.29 is 22.5 Å². The Morgan fingerprint density at radius 1 is 1.10 bits per heavy atom. The van der Waals surface area contributed by atoms with Gasteiger partial charge in [0, 0.05) is 5.46 Å². The fourth-order valence-electron chi connectivity index (χ4n) is 2.00. The van der Waals surface area contributed by atoms with Crippen LogP contribution in [0.4, 0.5) is 13.2 Å². The van der Waals surface area contributed by atoms with Crippen LogP contribution in [0.3, 0.4) is 0 Å². The molecule has 1 aromatic rings. The van der Waals surface area contributed by atoms with Gasteiger partial charge in [0.15, 0.2) is 0 Å². The smallest absolute Gasteiger partial charge is 0.399 e. The van der Waals surface area contributed by atoms with Gasteiger partial charge < -0.3 is 9.31 Å². The Bertz CT molecular complexity index is 589. The van der Waals surface area contributed by atoms with Gasteiger partial charge in [-0.05, 0) is 33.8 Å². The van der Waals surface area contributed by atoms with Crippen LogP contribution in [0.25, 0.3) is 0 Å². The van der Waals surface area contributed by atoms with Crippen molar-refractivity contribution in [3.63, 3.8) is 0 Å². The van der Waals surface area contributed by atoms with Crippen molar-refractivity contribution in [2.24, 2.45) is 0 Å². The predicted molar refractivity (Wildman–Crippen MR) is 71.9 cm³/mol. The third kappa shape index (κ3) is 2.78. The number of hydrogen-bond acceptors (Lipinski definition) is 3. The fraction of sp³-hybridized carbons (Fsp3) is 0.500. The van der Waals surface area contributed by atoms with Crippen molar-refractivity contribution in [3.8, 4) is 6.07 Å². The second kappa shape index (κ2) is 4.75. The molecule has 0 bridgehead atoms. The summed E-state index contributed by atoms with van der Waals surface area (Å²) in [6.07, 6.45) is -4.49. The first-order valence-electron chi connectivity index (χ1n) is 6.45. The van der Waals surface area contributed by atoms with E-state index in [9.17, 15) is 13.2 Å². The maximum atomic E-state index is 12.7. The minimum Gasteiger partial charge on any atom is -0.399 e. The second-order valence-corrected chi connectivity index (χ2v) is 6.00. The second-order valence-electron chi connectivity index (χ2n) is 6.00. The Labute approximate surface area is 121 Å². The average Bonchev–Trinajstić information content (AvgIpc) is 2.56. The van der Waals surface area contributed by atoms with E-state index in [1.54, 1.807) is 6.07 Å². The summed E-state index contributed by atoms with van der Waals surface area (Å²) in [6.45, 7) is 7.35.